The molecule has 182 valence electrons. The molecule has 11 heteroatoms. The number of aromatic nitrogens is 2. The van der Waals surface area contributed by atoms with Crippen molar-refractivity contribution in [2.24, 2.45) is 5.92 Å². The molecule has 1 aliphatic rings. The molecule has 2 aromatic rings. The maximum absolute atomic E-state index is 12.1. The molecule has 1 N–H and O–H groups in total. The first kappa shape index (κ1) is 25.0. The van der Waals surface area contributed by atoms with Crippen molar-refractivity contribution in [1.29, 1.82) is 0 Å². The minimum absolute atomic E-state index is 0.0749. The molecule has 33 heavy (non-hydrogen) atoms. The summed E-state index contributed by atoms with van der Waals surface area (Å²) in [6.07, 6.45) is 0. The van der Waals surface area contributed by atoms with Crippen molar-refractivity contribution < 1.29 is 23.4 Å². The number of carbonyl (C=O) groups is 1. The van der Waals surface area contributed by atoms with Crippen LogP contribution in [0, 0.1) is 10.8 Å². The molecule has 0 radical (unpaired) electrons. The van der Waals surface area contributed by atoms with Gasteiger partial charge >= 0.3 is 0 Å². The van der Waals surface area contributed by atoms with Crippen molar-refractivity contribution in [2.45, 2.75) is 20.5 Å². The van der Waals surface area contributed by atoms with Crippen molar-refractivity contribution in [1.82, 2.24) is 24.9 Å². The van der Waals surface area contributed by atoms with Crippen LogP contribution in [0.15, 0.2) is 16.5 Å². The first-order chi connectivity index (χ1) is 15.8. The number of ether oxygens (including phenoxy) is 3. The zero-order chi connectivity index (χ0) is 24.0. The number of nitrogens with one attached hydrogen (secondary N) is 1. The van der Waals surface area contributed by atoms with Gasteiger partial charge in [0.1, 0.15) is 0 Å². The Labute approximate surface area is 199 Å². The molecule has 0 bridgehead atoms. The molecule has 0 spiro atoms. The fourth-order valence-electron chi connectivity index (χ4n) is 3.57. The molecule has 0 saturated carbocycles. The number of nitrogens with zero attached hydrogens (tertiary/aromatic N) is 4. The molecule has 2 heterocycles. The standard InChI is InChI=1S/C22H33N5O5S/c1-15(2)12-23-19(28)13-25-6-8-26(9-7-25)14-27-22(33)32-21(24-27)16-10-17(29-3)20(31-5)18(11-16)30-4/h10-11,15H,6-9,12-14H2,1-5H3,(H,23,28). The fourth-order valence-corrected chi connectivity index (χ4v) is 3.75. The van der Waals surface area contributed by atoms with E-state index < -0.39 is 0 Å². The molecule has 0 unspecified atom stereocenters. The maximum Gasteiger partial charge on any atom is 0.288 e. The zero-order valence-electron chi connectivity index (χ0n) is 19.9. The second-order valence-electron chi connectivity index (χ2n) is 8.32. The van der Waals surface area contributed by atoms with Crippen molar-refractivity contribution in [3.8, 4) is 28.7 Å². The van der Waals surface area contributed by atoms with Crippen LogP contribution >= 0.6 is 12.2 Å². The first-order valence-electron chi connectivity index (χ1n) is 10.9. The summed E-state index contributed by atoms with van der Waals surface area (Å²) in [7, 11) is 4.67. The number of amides is 1. The number of hydrogen-bond acceptors (Lipinski definition) is 9. The normalized spacial score (nSPS) is 15.0. The molecule has 1 aliphatic heterocycles. The third-order valence-electron chi connectivity index (χ3n) is 5.39. The van der Waals surface area contributed by atoms with Crippen molar-refractivity contribution in [3.05, 3.63) is 17.0 Å². The minimum atomic E-state index is 0.0749. The number of piperazine rings is 1. The predicted molar refractivity (Wildman–Crippen MR) is 126 cm³/mol. The first-order valence-corrected chi connectivity index (χ1v) is 11.3. The van der Waals surface area contributed by atoms with Crippen LogP contribution in [0.25, 0.3) is 11.5 Å². The lowest BCUT2D eigenvalue weighted by molar-refractivity contribution is -0.122. The van der Waals surface area contributed by atoms with E-state index in [0.717, 1.165) is 26.2 Å². The average Bonchev–Trinajstić information content (AvgIpc) is 3.17. The number of benzene rings is 1. The molecule has 1 amide bonds. The highest BCUT2D eigenvalue weighted by molar-refractivity contribution is 7.71. The van der Waals surface area contributed by atoms with Crippen LogP contribution < -0.4 is 19.5 Å². The zero-order valence-corrected chi connectivity index (χ0v) is 20.7. The minimum Gasteiger partial charge on any atom is -0.493 e. The van der Waals surface area contributed by atoms with Crippen LogP contribution in [0.4, 0.5) is 0 Å². The van der Waals surface area contributed by atoms with Gasteiger partial charge < -0.3 is 23.9 Å². The van der Waals surface area contributed by atoms with Crippen molar-refractivity contribution in [2.75, 3.05) is 60.6 Å². The summed E-state index contributed by atoms with van der Waals surface area (Å²) < 4.78 is 23.6. The van der Waals surface area contributed by atoms with E-state index in [-0.39, 0.29) is 10.7 Å². The van der Waals surface area contributed by atoms with Gasteiger partial charge in [0.15, 0.2) is 11.5 Å². The molecular weight excluding hydrogens is 446 g/mol. The Morgan fingerprint density at radius 2 is 1.70 bits per heavy atom. The maximum atomic E-state index is 12.1. The molecule has 3 rings (SSSR count). The van der Waals surface area contributed by atoms with Gasteiger partial charge in [-0.1, -0.05) is 13.8 Å². The van der Waals surface area contributed by atoms with Gasteiger partial charge in [-0.15, -0.1) is 5.10 Å². The Morgan fingerprint density at radius 3 is 2.24 bits per heavy atom. The van der Waals surface area contributed by atoms with Crippen LogP contribution in [0.2, 0.25) is 0 Å². The van der Waals surface area contributed by atoms with E-state index in [1.54, 1.807) is 38.1 Å². The van der Waals surface area contributed by atoms with E-state index in [4.69, 9.17) is 30.8 Å². The van der Waals surface area contributed by atoms with Gasteiger partial charge in [-0.05, 0) is 30.3 Å². The van der Waals surface area contributed by atoms with E-state index in [1.165, 1.54) is 0 Å². The van der Waals surface area contributed by atoms with Gasteiger partial charge in [0, 0.05) is 38.3 Å². The second-order valence-corrected chi connectivity index (χ2v) is 8.67. The Balaban J connectivity index is 1.62. The van der Waals surface area contributed by atoms with Crippen LogP contribution in [-0.2, 0) is 11.5 Å². The van der Waals surface area contributed by atoms with Crippen LogP contribution in [0.1, 0.15) is 13.8 Å². The number of carbonyl (C=O) groups excluding carboxylic acids is 1. The molecular formula is C22H33N5O5S. The number of methoxy groups -OCH3 is 3. The topological polar surface area (TPSA) is 94.2 Å². The number of hydrogen-bond donors (Lipinski definition) is 1. The molecule has 0 atom stereocenters. The average molecular weight is 480 g/mol. The quantitative estimate of drug-likeness (QED) is 0.515. The van der Waals surface area contributed by atoms with Gasteiger partial charge in [0.05, 0.1) is 34.5 Å². The van der Waals surface area contributed by atoms with Gasteiger partial charge in [-0.25, -0.2) is 4.68 Å². The lowest BCUT2D eigenvalue weighted by atomic mass is 10.2. The van der Waals surface area contributed by atoms with Crippen LogP contribution in [-0.4, -0.2) is 86.1 Å². The monoisotopic (exact) mass is 479 g/mol. The summed E-state index contributed by atoms with van der Waals surface area (Å²) in [5, 5.41) is 7.53. The summed E-state index contributed by atoms with van der Waals surface area (Å²) in [6, 6.07) is 3.55. The summed E-state index contributed by atoms with van der Waals surface area (Å²) in [5.74, 6) is 2.41. The Bertz CT molecular complexity index is 972. The lowest BCUT2D eigenvalue weighted by Crippen LogP contribution is -2.50. The highest BCUT2D eigenvalue weighted by Crippen LogP contribution is 2.40. The lowest BCUT2D eigenvalue weighted by Gasteiger charge is -2.33. The third-order valence-corrected chi connectivity index (χ3v) is 5.69. The molecule has 1 fully saturated rings. The third kappa shape index (κ3) is 6.46. The summed E-state index contributed by atoms with van der Waals surface area (Å²) in [6.45, 7) is 9.05. The largest absolute Gasteiger partial charge is 0.493 e. The molecule has 1 saturated heterocycles. The molecule has 0 aliphatic carbocycles. The summed E-state index contributed by atoms with van der Waals surface area (Å²) in [5.41, 5.74) is 0.673. The summed E-state index contributed by atoms with van der Waals surface area (Å²) >= 11 is 5.40. The van der Waals surface area contributed by atoms with E-state index in [2.05, 4.69) is 34.1 Å². The SMILES string of the molecule is COc1cc(-c2nn(CN3CCN(CC(=O)NCC(C)C)CC3)c(=S)o2)cc(OC)c1OC. The Hall–Kier alpha value is -2.63. The Kier molecular flexibility index (Phi) is 8.70. The highest BCUT2D eigenvalue weighted by atomic mass is 32.1. The van der Waals surface area contributed by atoms with E-state index in [9.17, 15) is 4.79 Å². The molecule has 1 aromatic heterocycles. The fraction of sp³-hybridized carbons (Fsp3) is 0.591. The second kappa shape index (κ2) is 11.5. The van der Waals surface area contributed by atoms with E-state index >= 15 is 0 Å². The van der Waals surface area contributed by atoms with Gasteiger partial charge in [-0.2, -0.15) is 0 Å². The van der Waals surface area contributed by atoms with E-state index in [0.29, 0.717) is 54.4 Å². The molecule has 1 aromatic carbocycles. The smallest absolute Gasteiger partial charge is 0.288 e. The van der Waals surface area contributed by atoms with Gasteiger partial charge in [0.2, 0.25) is 17.5 Å². The van der Waals surface area contributed by atoms with Crippen LogP contribution in [0.5, 0.6) is 17.2 Å². The molecule has 10 nitrogen and oxygen atoms in total. The van der Waals surface area contributed by atoms with E-state index in [1.807, 2.05) is 0 Å². The summed E-state index contributed by atoms with van der Waals surface area (Å²) in [4.78, 5) is 16.8. The van der Waals surface area contributed by atoms with Crippen molar-refractivity contribution in [3.63, 3.8) is 0 Å². The van der Waals surface area contributed by atoms with Gasteiger partial charge in [-0.3, -0.25) is 14.6 Å². The Morgan fingerprint density at radius 1 is 1.09 bits per heavy atom. The van der Waals surface area contributed by atoms with Crippen LogP contribution in [0.3, 0.4) is 0 Å². The predicted octanol–water partition coefficient (Wildman–Crippen LogP) is 2.25. The number of rotatable bonds is 10. The van der Waals surface area contributed by atoms with Crippen molar-refractivity contribution >= 4 is 18.1 Å². The van der Waals surface area contributed by atoms with Gasteiger partial charge in [0.25, 0.3) is 4.84 Å². The highest BCUT2D eigenvalue weighted by Gasteiger charge is 2.21.